The molecule has 6 nitrogen and oxygen atoms in total. The Morgan fingerprint density at radius 1 is 1.45 bits per heavy atom. The second-order valence-electron chi connectivity index (χ2n) is 4.69. The third-order valence-electron chi connectivity index (χ3n) is 2.89. The molecule has 1 heterocycles. The Balaban J connectivity index is 2.23. The van der Waals surface area contributed by atoms with Gasteiger partial charge in [-0.3, -0.25) is 4.79 Å². The summed E-state index contributed by atoms with van der Waals surface area (Å²) in [6.45, 7) is 2.85. The molecule has 0 aliphatic heterocycles. The van der Waals surface area contributed by atoms with E-state index < -0.39 is 0 Å². The lowest BCUT2D eigenvalue weighted by Gasteiger charge is -2.15. The van der Waals surface area contributed by atoms with Gasteiger partial charge < -0.3 is 15.0 Å². The van der Waals surface area contributed by atoms with Crippen molar-refractivity contribution < 1.29 is 9.53 Å². The summed E-state index contributed by atoms with van der Waals surface area (Å²) in [6.07, 6.45) is 0. The number of carbonyl (C=O) groups excluding carboxylic acids is 1. The maximum atomic E-state index is 12.1. The fourth-order valence-electron chi connectivity index (χ4n) is 1.82. The molecule has 0 atom stereocenters. The standard InChI is InChI=1S/C14H17ClN4O2S/c1-4-21-12-6-5-9(14(20)19(2)3)7-10(12)16-8-11-13(15)22-18-17-11/h5-7,16H,4,8H2,1-3H3. The van der Waals surface area contributed by atoms with Crippen molar-refractivity contribution in [2.24, 2.45) is 0 Å². The molecule has 2 aromatic rings. The van der Waals surface area contributed by atoms with Gasteiger partial charge in [0.2, 0.25) is 0 Å². The highest BCUT2D eigenvalue weighted by molar-refractivity contribution is 7.10. The zero-order valence-electron chi connectivity index (χ0n) is 12.6. The lowest BCUT2D eigenvalue weighted by atomic mass is 10.1. The lowest BCUT2D eigenvalue weighted by molar-refractivity contribution is 0.0827. The van der Waals surface area contributed by atoms with Crippen LogP contribution in [0.25, 0.3) is 0 Å². The number of anilines is 1. The number of aromatic nitrogens is 2. The molecular weight excluding hydrogens is 324 g/mol. The van der Waals surface area contributed by atoms with Crippen molar-refractivity contribution in [3.63, 3.8) is 0 Å². The number of nitrogens with one attached hydrogen (secondary N) is 1. The van der Waals surface area contributed by atoms with Crippen molar-refractivity contribution in [2.75, 3.05) is 26.0 Å². The molecule has 0 saturated carbocycles. The Labute approximate surface area is 138 Å². The summed E-state index contributed by atoms with van der Waals surface area (Å²) in [6, 6.07) is 5.29. The number of halogens is 1. The molecule has 0 bridgehead atoms. The minimum atomic E-state index is -0.0699. The Kier molecular flexibility index (Phi) is 5.57. The average Bonchev–Trinajstić information content (AvgIpc) is 2.91. The van der Waals surface area contributed by atoms with Gasteiger partial charge in [-0.1, -0.05) is 16.1 Å². The predicted octanol–water partition coefficient (Wildman–Crippen LogP) is 2.90. The predicted molar refractivity (Wildman–Crippen MR) is 87.9 cm³/mol. The van der Waals surface area contributed by atoms with Crippen LogP contribution in [0.3, 0.4) is 0 Å². The molecule has 1 amide bonds. The number of nitrogens with zero attached hydrogens (tertiary/aromatic N) is 3. The molecule has 118 valence electrons. The van der Waals surface area contributed by atoms with Crippen LogP contribution in [0.15, 0.2) is 18.2 Å². The Hall–Kier alpha value is -1.86. The molecule has 1 N–H and O–H groups in total. The molecule has 1 aromatic carbocycles. The molecule has 0 spiro atoms. The van der Waals surface area contributed by atoms with E-state index in [4.69, 9.17) is 16.3 Å². The zero-order chi connectivity index (χ0) is 16.1. The zero-order valence-corrected chi connectivity index (χ0v) is 14.2. The Morgan fingerprint density at radius 2 is 2.23 bits per heavy atom. The van der Waals surface area contributed by atoms with E-state index in [2.05, 4.69) is 14.9 Å². The number of ether oxygens (including phenoxy) is 1. The normalized spacial score (nSPS) is 10.4. The van der Waals surface area contributed by atoms with Crippen molar-refractivity contribution in [2.45, 2.75) is 13.5 Å². The molecule has 0 saturated heterocycles. The SMILES string of the molecule is CCOc1ccc(C(=O)N(C)C)cc1NCc1nnsc1Cl. The number of hydrogen-bond donors (Lipinski definition) is 1. The molecule has 2 rings (SSSR count). The van der Waals surface area contributed by atoms with Crippen LogP contribution < -0.4 is 10.1 Å². The number of carbonyl (C=O) groups is 1. The number of hydrogen-bond acceptors (Lipinski definition) is 6. The number of rotatable bonds is 6. The van der Waals surface area contributed by atoms with Crippen molar-refractivity contribution in [1.29, 1.82) is 0 Å². The van der Waals surface area contributed by atoms with Gasteiger partial charge in [0.1, 0.15) is 15.8 Å². The van der Waals surface area contributed by atoms with Crippen LogP contribution in [0.2, 0.25) is 4.34 Å². The molecule has 8 heteroatoms. The van der Waals surface area contributed by atoms with Gasteiger partial charge in [-0.25, -0.2) is 0 Å². The lowest BCUT2D eigenvalue weighted by Crippen LogP contribution is -2.21. The van der Waals surface area contributed by atoms with E-state index in [-0.39, 0.29) is 5.91 Å². The van der Waals surface area contributed by atoms with Gasteiger partial charge in [-0.15, -0.1) is 5.10 Å². The summed E-state index contributed by atoms with van der Waals surface area (Å²) in [5, 5.41) is 7.15. The quantitative estimate of drug-likeness (QED) is 0.875. The summed E-state index contributed by atoms with van der Waals surface area (Å²) in [5.74, 6) is 0.608. The van der Waals surface area contributed by atoms with E-state index >= 15 is 0 Å². The minimum Gasteiger partial charge on any atom is -0.492 e. The molecule has 0 fully saturated rings. The number of benzene rings is 1. The van der Waals surface area contributed by atoms with Gasteiger partial charge in [0.15, 0.2) is 0 Å². The van der Waals surface area contributed by atoms with Crippen LogP contribution in [-0.2, 0) is 6.54 Å². The summed E-state index contributed by atoms with van der Waals surface area (Å²) in [4.78, 5) is 13.6. The van der Waals surface area contributed by atoms with E-state index in [1.807, 2.05) is 6.92 Å². The molecule has 22 heavy (non-hydrogen) atoms. The van der Waals surface area contributed by atoms with E-state index in [1.165, 1.54) is 4.90 Å². The molecular formula is C14H17ClN4O2S. The van der Waals surface area contributed by atoms with Crippen molar-refractivity contribution in [3.05, 3.63) is 33.8 Å². The largest absolute Gasteiger partial charge is 0.492 e. The van der Waals surface area contributed by atoms with Crippen LogP contribution in [0.4, 0.5) is 5.69 Å². The monoisotopic (exact) mass is 340 g/mol. The average molecular weight is 341 g/mol. The third kappa shape index (κ3) is 3.86. The maximum absolute atomic E-state index is 12.1. The fraction of sp³-hybridized carbons (Fsp3) is 0.357. The van der Waals surface area contributed by atoms with E-state index in [0.29, 0.717) is 34.5 Å². The first-order valence-electron chi connectivity index (χ1n) is 6.72. The summed E-state index contributed by atoms with van der Waals surface area (Å²) in [5.41, 5.74) is 1.97. The van der Waals surface area contributed by atoms with E-state index in [1.54, 1.807) is 32.3 Å². The first-order chi connectivity index (χ1) is 10.5. The van der Waals surface area contributed by atoms with Crippen molar-refractivity contribution >= 4 is 34.7 Å². The highest BCUT2D eigenvalue weighted by atomic mass is 35.5. The molecule has 0 unspecified atom stereocenters. The molecule has 0 aliphatic carbocycles. The van der Waals surface area contributed by atoms with Gasteiger partial charge in [0.05, 0.1) is 18.8 Å². The second kappa shape index (κ2) is 7.42. The third-order valence-corrected chi connectivity index (χ3v) is 3.87. The summed E-state index contributed by atoms with van der Waals surface area (Å²) < 4.78 is 9.92. The van der Waals surface area contributed by atoms with Gasteiger partial charge in [-0.05, 0) is 25.1 Å². The van der Waals surface area contributed by atoms with Gasteiger partial charge in [0, 0.05) is 31.2 Å². The van der Waals surface area contributed by atoms with Crippen LogP contribution >= 0.6 is 23.1 Å². The van der Waals surface area contributed by atoms with Crippen molar-refractivity contribution in [3.8, 4) is 5.75 Å². The van der Waals surface area contributed by atoms with Crippen LogP contribution in [-0.4, -0.2) is 41.1 Å². The van der Waals surface area contributed by atoms with Crippen LogP contribution in [0.1, 0.15) is 23.0 Å². The summed E-state index contributed by atoms with van der Waals surface area (Å²) in [7, 11) is 3.43. The Morgan fingerprint density at radius 3 is 2.82 bits per heavy atom. The first-order valence-corrected chi connectivity index (χ1v) is 7.87. The van der Waals surface area contributed by atoms with Gasteiger partial charge in [0.25, 0.3) is 5.91 Å². The minimum absolute atomic E-state index is 0.0699. The van der Waals surface area contributed by atoms with Gasteiger partial charge >= 0.3 is 0 Å². The number of amides is 1. The highest BCUT2D eigenvalue weighted by Gasteiger charge is 2.13. The molecule has 0 aliphatic rings. The molecule has 1 aromatic heterocycles. The smallest absolute Gasteiger partial charge is 0.253 e. The first kappa shape index (κ1) is 16.5. The topological polar surface area (TPSA) is 67.3 Å². The van der Waals surface area contributed by atoms with Crippen LogP contribution in [0, 0.1) is 0 Å². The van der Waals surface area contributed by atoms with Crippen molar-refractivity contribution in [1.82, 2.24) is 14.5 Å². The Bertz CT molecular complexity index is 660. The second-order valence-corrected chi connectivity index (χ2v) is 6.05. The summed E-state index contributed by atoms with van der Waals surface area (Å²) >= 11 is 7.13. The van der Waals surface area contributed by atoms with E-state index in [9.17, 15) is 4.79 Å². The maximum Gasteiger partial charge on any atom is 0.253 e. The molecule has 0 radical (unpaired) electrons. The van der Waals surface area contributed by atoms with E-state index in [0.717, 1.165) is 17.2 Å². The van der Waals surface area contributed by atoms with Gasteiger partial charge in [-0.2, -0.15) is 0 Å². The van der Waals surface area contributed by atoms with Crippen LogP contribution in [0.5, 0.6) is 5.75 Å². The fourth-order valence-corrected chi connectivity index (χ4v) is 2.45. The highest BCUT2D eigenvalue weighted by Crippen LogP contribution is 2.28.